The Balaban J connectivity index is 2.00. The average Bonchev–Trinajstić information content (AvgIpc) is 2.55. The number of hydrogen-bond donors (Lipinski definition) is 1. The van der Waals surface area contributed by atoms with E-state index in [1.54, 1.807) is 12.1 Å². The van der Waals surface area contributed by atoms with Gasteiger partial charge < -0.3 is 19.4 Å². The summed E-state index contributed by atoms with van der Waals surface area (Å²) in [5.41, 5.74) is 0.704. The minimum Gasteiger partial charge on any atom is -0.490 e. The molecule has 0 atom stereocenters. The molecule has 0 aliphatic rings. The molecule has 0 heterocycles. The third-order valence-electron chi connectivity index (χ3n) is 2.88. The Kier molecular flexibility index (Phi) is 6.75. The van der Waals surface area contributed by atoms with Crippen molar-refractivity contribution in [2.24, 2.45) is 5.16 Å². The highest BCUT2D eigenvalue weighted by atomic mass is 79.9. The predicted octanol–water partition coefficient (Wildman–Crippen LogP) is 4.11. The van der Waals surface area contributed by atoms with Crippen LogP contribution in [0.2, 0.25) is 0 Å². The lowest BCUT2D eigenvalue weighted by Gasteiger charge is -2.15. The van der Waals surface area contributed by atoms with Crippen LogP contribution in [0.15, 0.2) is 52.1 Å². The zero-order valence-electron chi connectivity index (χ0n) is 12.7. The first-order valence-corrected chi connectivity index (χ1v) is 7.98. The van der Waals surface area contributed by atoms with Crippen LogP contribution >= 0.6 is 15.9 Å². The summed E-state index contributed by atoms with van der Waals surface area (Å²) in [6.07, 6.45) is 1.33. The fraction of sp³-hybridized carbons (Fsp3) is 0.235. The van der Waals surface area contributed by atoms with Crippen LogP contribution in [0.5, 0.6) is 17.2 Å². The van der Waals surface area contributed by atoms with Crippen molar-refractivity contribution in [1.29, 1.82) is 0 Å². The largest absolute Gasteiger partial charge is 0.490 e. The van der Waals surface area contributed by atoms with Gasteiger partial charge in [-0.25, -0.2) is 0 Å². The predicted molar refractivity (Wildman–Crippen MR) is 92.1 cm³/mol. The molecular formula is C17H18BrNO4. The van der Waals surface area contributed by atoms with E-state index in [1.807, 2.05) is 37.3 Å². The third-order valence-corrected chi connectivity index (χ3v) is 3.47. The van der Waals surface area contributed by atoms with Gasteiger partial charge in [0.25, 0.3) is 0 Å². The number of hydrogen-bond acceptors (Lipinski definition) is 5. The zero-order valence-corrected chi connectivity index (χ0v) is 14.3. The van der Waals surface area contributed by atoms with E-state index in [9.17, 15) is 0 Å². The van der Waals surface area contributed by atoms with Crippen molar-refractivity contribution in [2.75, 3.05) is 19.8 Å². The molecule has 0 bridgehead atoms. The van der Waals surface area contributed by atoms with Gasteiger partial charge >= 0.3 is 0 Å². The topological polar surface area (TPSA) is 60.3 Å². The van der Waals surface area contributed by atoms with Gasteiger partial charge in [-0.3, -0.25) is 0 Å². The van der Waals surface area contributed by atoms with Crippen LogP contribution in [0.3, 0.4) is 0 Å². The van der Waals surface area contributed by atoms with Gasteiger partial charge in [0.15, 0.2) is 11.5 Å². The molecule has 1 N–H and O–H groups in total. The fourth-order valence-electron chi connectivity index (χ4n) is 1.95. The zero-order chi connectivity index (χ0) is 16.5. The van der Waals surface area contributed by atoms with E-state index in [1.165, 1.54) is 6.21 Å². The minimum absolute atomic E-state index is 0.376. The van der Waals surface area contributed by atoms with E-state index >= 15 is 0 Å². The maximum Gasteiger partial charge on any atom is 0.175 e. The van der Waals surface area contributed by atoms with E-state index in [0.717, 1.165) is 10.2 Å². The first kappa shape index (κ1) is 17.1. The first-order valence-electron chi connectivity index (χ1n) is 7.19. The molecule has 2 aromatic rings. The number of halogens is 1. The van der Waals surface area contributed by atoms with E-state index in [-0.39, 0.29) is 0 Å². The number of nitrogens with zero attached hydrogens (tertiary/aromatic N) is 1. The monoisotopic (exact) mass is 379 g/mol. The van der Waals surface area contributed by atoms with E-state index in [0.29, 0.717) is 36.9 Å². The molecule has 0 aliphatic heterocycles. The molecule has 23 heavy (non-hydrogen) atoms. The minimum atomic E-state index is 0.376. The molecule has 6 heteroatoms. The Morgan fingerprint density at radius 3 is 2.52 bits per heavy atom. The normalized spacial score (nSPS) is 10.7. The van der Waals surface area contributed by atoms with E-state index < -0.39 is 0 Å². The number of rotatable bonds is 8. The van der Waals surface area contributed by atoms with Crippen LogP contribution in [-0.2, 0) is 0 Å². The van der Waals surface area contributed by atoms with Crippen molar-refractivity contribution in [3.63, 3.8) is 0 Å². The smallest absolute Gasteiger partial charge is 0.175 e. The van der Waals surface area contributed by atoms with Gasteiger partial charge in [-0.05, 0) is 47.1 Å². The summed E-state index contributed by atoms with van der Waals surface area (Å²) >= 11 is 3.45. The van der Waals surface area contributed by atoms with Crippen molar-refractivity contribution >= 4 is 22.1 Å². The molecule has 0 aromatic heterocycles. The molecule has 0 unspecified atom stereocenters. The van der Waals surface area contributed by atoms with Crippen molar-refractivity contribution < 1.29 is 19.4 Å². The molecule has 0 fully saturated rings. The van der Waals surface area contributed by atoms with Crippen molar-refractivity contribution in [2.45, 2.75) is 6.92 Å². The van der Waals surface area contributed by atoms with Crippen LogP contribution in [0.1, 0.15) is 12.5 Å². The standard InChI is InChI=1S/C17H18BrNO4/c1-2-21-16-11-13(12-19-20)10-15(18)17(16)23-9-8-22-14-6-4-3-5-7-14/h3-7,10-12,20H,2,8-9H2,1H3. The maximum absolute atomic E-state index is 8.65. The Labute approximate surface area is 143 Å². The number of benzene rings is 2. The van der Waals surface area contributed by atoms with Crippen LogP contribution < -0.4 is 14.2 Å². The van der Waals surface area contributed by atoms with Gasteiger partial charge in [0, 0.05) is 5.56 Å². The summed E-state index contributed by atoms with van der Waals surface area (Å²) in [5, 5.41) is 11.7. The van der Waals surface area contributed by atoms with E-state index in [2.05, 4.69) is 21.1 Å². The second kappa shape index (κ2) is 9.05. The van der Waals surface area contributed by atoms with Gasteiger partial charge in [0.1, 0.15) is 19.0 Å². The molecule has 0 spiro atoms. The highest BCUT2D eigenvalue weighted by Crippen LogP contribution is 2.36. The van der Waals surface area contributed by atoms with E-state index in [4.69, 9.17) is 19.4 Å². The van der Waals surface area contributed by atoms with Gasteiger partial charge in [0.05, 0.1) is 17.3 Å². The number of para-hydroxylation sites is 1. The molecule has 5 nitrogen and oxygen atoms in total. The average molecular weight is 380 g/mol. The van der Waals surface area contributed by atoms with Gasteiger partial charge in [-0.15, -0.1) is 0 Å². The molecule has 0 saturated carbocycles. The molecule has 0 amide bonds. The SMILES string of the molecule is CCOc1cc(C=NO)cc(Br)c1OCCOc1ccccc1. The Morgan fingerprint density at radius 2 is 1.83 bits per heavy atom. The molecule has 2 rings (SSSR count). The molecule has 0 radical (unpaired) electrons. The molecule has 0 aliphatic carbocycles. The summed E-state index contributed by atoms with van der Waals surface area (Å²) < 4.78 is 17.7. The summed E-state index contributed by atoms with van der Waals surface area (Å²) in [7, 11) is 0. The van der Waals surface area contributed by atoms with Crippen molar-refractivity contribution in [3.8, 4) is 17.2 Å². The maximum atomic E-state index is 8.65. The second-order valence-electron chi connectivity index (χ2n) is 4.52. The summed E-state index contributed by atoms with van der Waals surface area (Å²) in [5.74, 6) is 1.98. The number of ether oxygens (including phenoxy) is 3. The highest BCUT2D eigenvalue weighted by molar-refractivity contribution is 9.10. The third kappa shape index (κ3) is 5.17. The molecular weight excluding hydrogens is 362 g/mol. The van der Waals surface area contributed by atoms with Crippen LogP contribution in [0.25, 0.3) is 0 Å². The highest BCUT2D eigenvalue weighted by Gasteiger charge is 2.12. The molecule has 122 valence electrons. The van der Waals surface area contributed by atoms with Crippen LogP contribution in [0, 0.1) is 0 Å². The summed E-state index contributed by atoms with van der Waals surface area (Å²) in [6, 6.07) is 13.1. The lowest BCUT2D eigenvalue weighted by molar-refractivity contribution is 0.207. The fourth-order valence-corrected chi connectivity index (χ4v) is 2.53. The lowest BCUT2D eigenvalue weighted by atomic mass is 10.2. The van der Waals surface area contributed by atoms with Gasteiger partial charge in [-0.1, -0.05) is 23.4 Å². The van der Waals surface area contributed by atoms with Crippen LogP contribution in [-0.4, -0.2) is 31.2 Å². The Morgan fingerprint density at radius 1 is 1.09 bits per heavy atom. The first-order chi connectivity index (χ1) is 11.2. The van der Waals surface area contributed by atoms with Gasteiger partial charge in [0.2, 0.25) is 0 Å². The summed E-state index contributed by atoms with van der Waals surface area (Å²) in [4.78, 5) is 0. The molecule has 2 aromatic carbocycles. The van der Waals surface area contributed by atoms with Crippen LogP contribution in [0.4, 0.5) is 0 Å². The van der Waals surface area contributed by atoms with Crippen molar-refractivity contribution in [1.82, 2.24) is 0 Å². The quantitative estimate of drug-likeness (QED) is 0.324. The Bertz CT molecular complexity index is 647. The lowest BCUT2D eigenvalue weighted by Crippen LogP contribution is -2.10. The second-order valence-corrected chi connectivity index (χ2v) is 5.37. The Hall–Kier alpha value is -2.21. The van der Waals surface area contributed by atoms with Gasteiger partial charge in [-0.2, -0.15) is 0 Å². The number of oxime groups is 1. The summed E-state index contributed by atoms with van der Waals surface area (Å²) in [6.45, 7) is 3.19. The molecule has 0 saturated heterocycles. The van der Waals surface area contributed by atoms with Crippen molar-refractivity contribution in [3.05, 3.63) is 52.5 Å².